The SMILES string of the molecule is Cn1cnnc1CN=C1NC2CCCC2CS1. The van der Waals surface area contributed by atoms with Crippen molar-refractivity contribution in [2.45, 2.75) is 31.8 Å². The third-order valence-corrected chi connectivity index (χ3v) is 4.69. The normalized spacial score (nSPS) is 30.3. The topological polar surface area (TPSA) is 55.1 Å². The van der Waals surface area contributed by atoms with Crippen molar-refractivity contribution in [3.63, 3.8) is 0 Å². The van der Waals surface area contributed by atoms with Gasteiger partial charge in [-0.2, -0.15) is 0 Å². The van der Waals surface area contributed by atoms with Crippen molar-refractivity contribution in [2.24, 2.45) is 18.0 Å². The number of hydrogen-bond acceptors (Lipinski definition) is 4. The molecule has 0 amide bonds. The highest BCUT2D eigenvalue weighted by Crippen LogP contribution is 2.32. The van der Waals surface area contributed by atoms with E-state index in [1.165, 1.54) is 25.0 Å². The van der Waals surface area contributed by atoms with Gasteiger partial charge in [0.2, 0.25) is 0 Å². The van der Waals surface area contributed by atoms with Crippen LogP contribution in [0.2, 0.25) is 0 Å². The summed E-state index contributed by atoms with van der Waals surface area (Å²) in [5, 5.41) is 12.5. The van der Waals surface area contributed by atoms with Gasteiger partial charge in [-0.1, -0.05) is 18.2 Å². The van der Waals surface area contributed by atoms with Crippen LogP contribution in [-0.2, 0) is 13.6 Å². The lowest BCUT2D eigenvalue weighted by Crippen LogP contribution is -2.41. The predicted octanol–water partition coefficient (Wildman–Crippen LogP) is 1.18. The number of aromatic nitrogens is 3. The number of thioether (sulfide) groups is 1. The van der Waals surface area contributed by atoms with Crippen LogP contribution >= 0.6 is 11.8 Å². The van der Waals surface area contributed by atoms with Crippen molar-refractivity contribution >= 4 is 16.9 Å². The standard InChI is InChI=1S/C11H17N5S/c1-16-7-13-15-10(16)5-12-11-14-9-4-2-3-8(9)6-17-11/h7-9H,2-6H2,1H3,(H,12,14). The molecule has 1 saturated heterocycles. The number of aliphatic imine (C=N–C) groups is 1. The predicted molar refractivity (Wildman–Crippen MR) is 68.9 cm³/mol. The van der Waals surface area contributed by atoms with E-state index >= 15 is 0 Å². The van der Waals surface area contributed by atoms with E-state index in [0.717, 1.165) is 16.9 Å². The Morgan fingerprint density at radius 3 is 3.35 bits per heavy atom. The molecule has 0 radical (unpaired) electrons. The molecule has 2 atom stereocenters. The molecule has 1 aliphatic carbocycles. The van der Waals surface area contributed by atoms with E-state index in [1.54, 1.807) is 6.33 Å². The lowest BCUT2D eigenvalue weighted by Gasteiger charge is -2.27. The van der Waals surface area contributed by atoms with Crippen LogP contribution in [0.15, 0.2) is 11.3 Å². The quantitative estimate of drug-likeness (QED) is 0.857. The summed E-state index contributed by atoms with van der Waals surface area (Å²) in [6, 6.07) is 0.662. The molecule has 2 unspecified atom stereocenters. The van der Waals surface area contributed by atoms with Gasteiger partial charge in [0, 0.05) is 18.8 Å². The summed E-state index contributed by atoms with van der Waals surface area (Å²) in [6.45, 7) is 0.614. The van der Waals surface area contributed by atoms with Gasteiger partial charge in [0.25, 0.3) is 0 Å². The van der Waals surface area contributed by atoms with Crippen molar-refractivity contribution in [1.29, 1.82) is 0 Å². The molecular formula is C11H17N5S. The van der Waals surface area contributed by atoms with Gasteiger partial charge in [0.15, 0.2) is 11.0 Å². The van der Waals surface area contributed by atoms with Gasteiger partial charge in [-0.05, 0) is 18.8 Å². The average molecular weight is 251 g/mol. The number of hydrogen-bond donors (Lipinski definition) is 1. The molecule has 3 rings (SSSR count). The second-order valence-electron chi connectivity index (χ2n) is 4.73. The van der Waals surface area contributed by atoms with Crippen LogP contribution in [0.4, 0.5) is 0 Å². The molecule has 1 aromatic heterocycles. The lowest BCUT2D eigenvalue weighted by atomic mass is 10.1. The molecule has 2 aliphatic rings. The fraction of sp³-hybridized carbons (Fsp3) is 0.727. The second-order valence-corrected chi connectivity index (χ2v) is 5.74. The molecule has 0 aromatic carbocycles. The molecule has 2 heterocycles. The van der Waals surface area contributed by atoms with Crippen LogP contribution in [0, 0.1) is 5.92 Å². The van der Waals surface area contributed by atoms with Gasteiger partial charge in [-0.15, -0.1) is 10.2 Å². The number of nitrogens with one attached hydrogen (secondary N) is 1. The summed E-state index contributed by atoms with van der Waals surface area (Å²) in [6.07, 6.45) is 5.75. The first kappa shape index (κ1) is 11.1. The van der Waals surface area contributed by atoms with Crippen LogP contribution in [-0.4, -0.2) is 31.7 Å². The van der Waals surface area contributed by atoms with E-state index in [-0.39, 0.29) is 0 Å². The smallest absolute Gasteiger partial charge is 0.157 e. The summed E-state index contributed by atoms with van der Waals surface area (Å²) in [5.41, 5.74) is 0. The Bertz CT molecular complexity index is 427. The number of fused-ring (bicyclic) bond motifs is 1. The van der Waals surface area contributed by atoms with Crippen LogP contribution in [0.3, 0.4) is 0 Å². The number of rotatable bonds is 2. The van der Waals surface area contributed by atoms with Crippen molar-refractivity contribution in [3.05, 3.63) is 12.2 Å². The highest BCUT2D eigenvalue weighted by molar-refractivity contribution is 8.13. The van der Waals surface area contributed by atoms with E-state index in [1.807, 2.05) is 23.4 Å². The maximum absolute atomic E-state index is 4.59. The van der Waals surface area contributed by atoms with Gasteiger partial charge >= 0.3 is 0 Å². The first-order chi connectivity index (χ1) is 8.33. The number of aryl methyl sites for hydroxylation is 1. The molecule has 0 spiro atoms. The highest BCUT2D eigenvalue weighted by Gasteiger charge is 2.31. The lowest BCUT2D eigenvalue weighted by molar-refractivity contribution is 0.489. The fourth-order valence-corrected chi connectivity index (χ4v) is 3.66. The first-order valence-corrected chi connectivity index (χ1v) is 7.08. The van der Waals surface area contributed by atoms with Crippen LogP contribution in [0.5, 0.6) is 0 Å². The summed E-state index contributed by atoms with van der Waals surface area (Å²) >= 11 is 1.85. The summed E-state index contributed by atoms with van der Waals surface area (Å²) in [7, 11) is 1.95. The Hall–Kier alpha value is -1.04. The number of nitrogens with zero attached hydrogens (tertiary/aromatic N) is 4. The second kappa shape index (κ2) is 4.68. The van der Waals surface area contributed by atoms with Gasteiger partial charge in [-0.3, -0.25) is 4.99 Å². The summed E-state index contributed by atoms with van der Waals surface area (Å²) in [4.78, 5) is 4.59. The van der Waals surface area contributed by atoms with Gasteiger partial charge in [-0.25, -0.2) is 0 Å². The molecule has 5 nitrogen and oxygen atoms in total. The Labute approximate surface area is 105 Å². The zero-order valence-electron chi connectivity index (χ0n) is 9.96. The van der Waals surface area contributed by atoms with Crippen LogP contribution in [0.25, 0.3) is 0 Å². The van der Waals surface area contributed by atoms with Gasteiger partial charge in [0.1, 0.15) is 12.9 Å². The minimum atomic E-state index is 0.614. The van der Waals surface area contributed by atoms with Crippen LogP contribution < -0.4 is 5.32 Å². The minimum Gasteiger partial charge on any atom is -0.362 e. The molecular weight excluding hydrogens is 234 g/mol. The summed E-state index contributed by atoms with van der Waals surface area (Å²) in [5.74, 6) is 2.98. The average Bonchev–Trinajstić information content (AvgIpc) is 2.94. The maximum atomic E-state index is 4.59. The fourth-order valence-electron chi connectivity index (χ4n) is 2.50. The third kappa shape index (κ3) is 2.31. The molecule has 0 bridgehead atoms. The van der Waals surface area contributed by atoms with E-state index < -0.39 is 0 Å². The molecule has 17 heavy (non-hydrogen) atoms. The summed E-state index contributed by atoms with van der Waals surface area (Å²) < 4.78 is 1.91. The highest BCUT2D eigenvalue weighted by atomic mass is 32.2. The van der Waals surface area contributed by atoms with E-state index in [2.05, 4.69) is 20.5 Å². The zero-order chi connectivity index (χ0) is 11.7. The van der Waals surface area contributed by atoms with Crippen molar-refractivity contribution in [2.75, 3.05) is 5.75 Å². The molecule has 2 fully saturated rings. The van der Waals surface area contributed by atoms with Crippen molar-refractivity contribution in [1.82, 2.24) is 20.1 Å². The molecule has 92 valence electrons. The van der Waals surface area contributed by atoms with E-state index in [4.69, 9.17) is 0 Å². The number of amidine groups is 1. The van der Waals surface area contributed by atoms with Gasteiger partial charge in [0.05, 0.1) is 0 Å². The zero-order valence-corrected chi connectivity index (χ0v) is 10.8. The Kier molecular flexibility index (Phi) is 3.05. The third-order valence-electron chi connectivity index (χ3n) is 3.57. The Morgan fingerprint density at radius 1 is 1.59 bits per heavy atom. The van der Waals surface area contributed by atoms with Crippen molar-refractivity contribution < 1.29 is 0 Å². The largest absolute Gasteiger partial charge is 0.362 e. The molecule has 1 saturated carbocycles. The monoisotopic (exact) mass is 251 g/mol. The minimum absolute atomic E-state index is 0.614. The van der Waals surface area contributed by atoms with E-state index in [9.17, 15) is 0 Å². The van der Waals surface area contributed by atoms with E-state index in [0.29, 0.717) is 12.6 Å². The van der Waals surface area contributed by atoms with Crippen LogP contribution in [0.1, 0.15) is 25.1 Å². The molecule has 1 aromatic rings. The Morgan fingerprint density at radius 2 is 2.53 bits per heavy atom. The van der Waals surface area contributed by atoms with Crippen molar-refractivity contribution in [3.8, 4) is 0 Å². The Balaban J connectivity index is 1.63. The maximum Gasteiger partial charge on any atom is 0.157 e. The van der Waals surface area contributed by atoms with Gasteiger partial charge < -0.3 is 9.88 Å². The molecule has 1 N–H and O–H groups in total. The molecule has 6 heteroatoms. The molecule has 1 aliphatic heterocycles. The first-order valence-electron chi connectivity index (χ1n) is 6.09.